The molecule has 31 heavy (non-hydrogen) atoms. The van der Waals surface area contributed by atoms with Crippen LogP contribution in [0.4, 0.5) is 0 Å². The fourth-order valence-electron chi connectivity index (χ4n) is 4.39. The van der Waals surface area contributed by atoms with Crippen molar-refractivity contribution in [3.05, 3.63) is 71.8 Å². The third-order valence-electron chi connectivity index (χ3n) is 6.27. The van der Waals surface area contributed by atoms with E-state index in [2.05, 4.69) is 70.2 Å². The minimum absolute atomic E-state index is 0. The van der Waals surface area contributed by atoms with Gasteiger partial charge in [0.05, 0.1) is 0 Å². The van der Waals surface area contributed by atoms with Crippen LogP contribution in [-0.4, -0.2) is 50.0 Å². The van der Waals surface area contributed by atoms with E-state index in [0.717, 1.165) is 38.6 Å². The molecule has 0 radical (unpaired) electrons. The zero-order valence-corrected chi connectivity index (χ0v) is 20.5. The Balaban J connectivity index is 0.00000272. The van der Waals surface area contributed by atoms with E-state index in [-0.39, 0.29) is 29.9 Å². The molecule has 2 aromatic rings. The average molecular weight is 532 g/mol. The highest BCUT2D eigenvalue weighted by Crippen LogP contribution is 2.46. The van der Waals surface area contributed by atoms with Gasteiger partial charge in [0.15, 0.2) is 5.96 Å². The van der Waals surface area contributed by atoms with E-state index in [1.165, 1.54) is 17.5 Å². The molecule has 0 spiro atoms. The predicted molar refractivity (Wildman–Crippen MR) is 137 cm³/mol. The fraction of sp³-hybridized carbons (Fsp3) is 0.440. The summed E-state index contributed by atoms with van der Waals surface area (Å²) in [5.41, 5.74) is 2.72. The van der Waals surface area contributed by atoms with Crippen LogP contribution in [-0.2, 0) is 11.2 Å². The monoisotopic (exact) mass is 532 g/mol. The van der Waals surface area contributed by atoms with E-state index in [4.69, 9.17) is 0 Å². The molecule has 1 heterocycles. The van der Waals surface area contributed by atoms with Crippen molar-refractivity contribution in [2.45, 2.75) is 25.2 Å². The summed E-state index contributed by atoms with van der Waals surface area (Å²) >= 11 is 0. The lowest BCUT2D eigenvalue weighted by molar-refractivity contribution is -0.127. The number of likely N-dealkylation sites (tertiary alicyclic amines) is 1. The smallest absolute Gasteiger partial charge is 0.223 e. The molecular weight excluding hydrogens is 499 g/mol. The summed E-state index contributed by atoms with van der Waals surface area (Å²) in [6.07, 6.45) is 2.78. The standard InChI is InChI=1S/C25H32N4O.HI/c1-26-25(28-17-22-15-23(22)21-10-6-3-7-11-21)27-16-20-14-24(30)29(18-20)13-12-19-8-4-2-5-9-19;/h2-11,20,22-23H,12-18H2,1H3,(H2,26,27,28);1H. The van der Waals surface area contributed by atoms with Gasteiger partial charge in [-0.1, -0.05) is 60.7 Å². The number of nitrogens with one attached hydrogen (secondary N) is 2. The molecule has 0 aromatic heterocycles. The molecule has 2 aliphatic rings. The van der Waals surface area contributed by atoms with Crippen LogP contribution in [0.1, 0.15) is 29.9 Å². The summed E-state index contributed by atoms with van der Waals surface area (Å²) < 4.78 is 0. The maximum Gasteiger partial charge on any atom is 0.223 e. The van der Waals surface area contributed by atoms with Crippen LogP contribution in [0.5, 0.6) is 0 Å². The highest BCUT2D eigenvalue weighted by molar-refractivity contribution is 14.0. The van der Waals surface area contributed by atoms with Crippen molar-refractivity contribution in [1.82, 2.24) is 15.5 Å². The van der Waals surface area contributed by atoms with Crippen LogP contribution in [0, 0.1) is 11.8 Å². The van der Waals surface area contributed by atoms with Crippen LogP contribution >= 0.6 is 24.0 Å². The SMILES string of the molecule is CN=C(NCC1CC(=O)N(CCc2ccccc2)C1)NCC1CC1c1ccccc1.I. The molecule has 166 valence electrons. The third kappa shape index (κ3) is 6.69. The molecule has 6 heteroatoms. The Morgan fingerprint density at radius 3 is 2.42 bits per heavy atom. The zero-order valence-electron chi connectivity index (χ0n) is 18.2. The number of nitrogens with zero attached hydrogens (tertiary/aromatic N) is 2. The fourth-order valence-corrected chi connectivity index (χ4v) is 4.39. The first-order valence-electron chi connectivity index (χ1n) is 11.0. The lowest BCUT2D eigenvalue weighted by atomic mass is 10.1. The van der Waals surface area contributed by atoms with Gasteiger partial charge in [0, 0.05) is 45.6 Å². The lowest BCUT2D eigenvalue weighted by Crippen LogP contribution is -2.41. The molecule has 4 rings (SSSR count). The van der Waals surface area contributed by atoms with E-state index < -0.39 is 0 Å². The lowest BCUT2D eigenvalue weighted by Gasteiger charge is -2.18. The van der Waals surface area contributed by atoms with Crippen molar-refractivity contribution in [2.24, 2.45) is 16.8 Å². The molecule has 1 saturated carbocycles. The normalized spacial score (nSPS) is 22.7. The number of hydrogen-bond donors (Lipinski definition) is 2. The van der Waals surface area contributed by atoms with Crippen molar-refractivity contribution < 1.29 is 4.79 Å². The molecule has 1 aliphatic carbocycles. The first-order chi connectivity index (χ1) is 14.7. The molecule has 1 amide bonds. The van der Waals surface area contributed by atoms with Crippen LogP contribution in [0.2, 0.25) is 0 Å². The number of amides is 1. The van der Waals surface area contributed by atoms with Crippen LogP contribution in [0.25, 0.3) is 0 Å². The van der Waals surface area contributed by atoms with E-state index in [1.54, 1.807) is 0 Å². The summed E-state index contributed by atoms with van der Waals surface area (Å²) in [4.78, 5) is 18.7. The molecule has 1 aliphatic heterocycles. The number of guanidine groups is 1. The molecule has 3 unspecified atom stereocenters. The number of carbonyl (C=O) groups is 1. The molecule has 2 N–H and O–H groups in total. The van der Waals surface area contributed by atoms with Gasteiger partial charge < -0.3 is 15.5 Å². The van der Waals surface area contributed by atoms with Gasteiger partial charge in [-0.15, -0.1) is 24.0 Å². The maximum atomic E-state index is 12.4. The molecule has 5 nitrogen and oxygen atoms in total. The first kappa shape index (κ1) is 23.6. The van der Waals surface area contributed by atoms with Crippen molar-refractivity contribution in [3.63, 3.8) is 0 Å². The molecule has 2 aromatic carbocycles. The highest BCUT2D eigenvalue weighted by Gasteiger charge is 2.38. The van der Waals surface area contributed by atoms with Crippen molar-refractivity contribution in [2.75, 3.05) is 33.2 Å². The molecule has 1 saturated heterocycles. The third-order valence-corrected chi connectivity index (χ3v) is 6.27. The highest BCUT2D eigenvalue weighted by atomic mass is 127. The van der Waals surface area contributed by atoms with Gasteiger partial charge in [-0.25, -0.2) is 0 Å². The van der Waals surface area contributed by atoms with Crippen molar-refractivity contribution in [3.8, 4) is 0 Å². The molecular formula is C25H33IN4O. The zero-order chi connectivity index (χ0) is 20.8. The Labute approximate surface area is 202 Å². The van der Waals surface area contributed by atoms with Crippen molar-refractivity contribution in [1.29, 1.82) is 0 Å². The van der Waals surface area contributed by atoms with Gasteiger partial charge in [-0.3, -0.25) is 9.79 Å². The second-order valence-corrected chi connectivity index (χ2v) is 8.49. The number of rotatable bonds is 8. The largest absolute Gasteiger partial charge is 0.356 e. The summed E-state index contributed by atoms with van der Waals surface area (Å²) in [5.74, 6) is 2.79. The van der Waals surface area contributed by atoms with Gasteiger partial charge in [0.25, 0.3) is 0 Å². The van der Waals surface area contributed by atoms with Crippen molar-refractivity contribution >= 4 is 35.8 Å². The number of aliphatic imine (C=N–C) groups is 1. The number of halogens is 1. The van der Waals surface area contributed by atoms with Gasteiger partial charge in [0.1, 0.15) is 0 Å². The molecule has 3 atom stereocenters. The first-order valence-corrected chi connectivity index (χ1v) is 11.0. The second-order valence-electron chi connectivity index (χ2n) is 8.49. The predicted octanol–water partition coefficient (Wildman–Crippen LogP) is 3.66. The van der Waals surface area contributed by atoms with E-state index in [1.807, 2.05) is 18.0 Å². The number of hydrogen-bond acceptors (Lipinski definition) is 2. The van der Waals surface area contributed by atoms with Crippen LogP contribution in [0.15, 0.2) is 65.7 Å². The maximum absolute atomic E-state index is 12.4. The average Bonchev–Trinajstić information content (AvgIpc) is 3.48. The summed E-state index contributed by atoms with van der Waals surface area (Å²) in [5, 5.41) is 6.89. The Kier molecular flexibility index (Phi) is 8.75. The summed E-state index contributed by atoms with van der Waals surface area (Å²) in [6.45, 7) is 3.34. The molecule has 0 bridgehead atoms. The van der Waals surface area contributed by atoms with E-state index in [9.17, 15) is 4.79 Å². The molecule has 2 fully saturated rings. The minimum Gasteiger partial charge on any atom is -0.356 e. The Hall–Kier alpha value is -2.09. The minimum atomic E-state index is 0. The Bertz CT molecular complexity index is 858. The summed E-state index contributed by atoms with van der Waals surface area (Å²) in [6, 6.07) is 21.1. The van der Waals surface area contributed by atoms with Crippen LogP contribution < -0.4 is 10.6 Å². The van der Waals surface area contributed by atoms with Crippen LogP contribution in [0.3, 0.4) is 0 Å². The van der Waals surface area contributed by atoms with Gasteiger partial charge in [0.2, 0.25) is 5.91 Å². The number of carbonyl (C=O) groups excluding carboxylic acids is 1. The topological polar surface area (TPSA) is 56.7 Å². The van der Waals surface area contributed by atoms with Gasteiger partial charge in [-0.2, -0.15) is 0 Å². The van der Waals surface area contributed by atoms with E-state index in [0.29, 0.717) is 24.2 Å². The van der Waals surface area contributed by atoms with Gasteiger partial charge in [-0.05, 0) is 35.8 Å². The number of benzene rings is 2. The Morgan fingerprint density at radius 2 is 1.71 bits per heavy atom. The second kappa shape index (κ2) is 11.5. The van der Waals surface area contributed by atoms with E-state index >= 15 is 0 Å². The summed E-state index contributed by atoms with van der Waals surface area (Å²) in [7, 11) is 1.81. The quantitative estimate of drug-likeness (QED) is 0.310. The Morgan fingerprint density at radius 1 is 1.03 bits per heavy atom. The van der Waals surface area contributed by atoms with Gasteiger partial charge >= 0.3 is 0 Å².